The second kappa shape index (κ2) is 7.41. The summed E-state index contributed by atoms with van der Waals surface area (Å²) in [6.45, 7) is 4.05. The Balaban J connectivity index is 1.92. The number of rotatable bonds is 8. The van der Waals surface area contributed by atoms with E-state index in [0.717, 1.165) is 13.0 Å². The van der Waals surface area contributed by atoms with Crippen LogP contribution in [-0.4, -0.2) is 43.5 Å². The number of para-hydroxylation sites is 1. The molecule has 0 atom stereocenters. The summed E-state index contributed by atoms with van der Waals surface area (Å²) in [6, 6.07) is 5.27. The van der Waals surface area contributed by atoms with Crippen molar-refractivity contribution in [3.05, 3.63) is 29.6 Å². The number of halogens is 1. The molecule has 116 valence electrons. The van der Waals surface area contributed by atoms with Crippen LogP contribution in [0.4, 0.5) is 10.1 Å². The molecule has 0 saturated heterocycles. The van der Waals surface area contributed by atoms with E-state index >= 15 is 0 Å². The van der Waals surface area contributed by atoms with Gasteiger partial charge in [0.2, 0.25) is 0 Å². The normalized spacial score (nSPS) is 14.3. The second-order valence-electron chi connectivity index (χ2n) is 5.56. The van der Waals surface area contributed by atoms with Crippen LogP contribution in [0.1, 0.15) is 36.5 Å². The van der Waals surface area contributed by atoms with Gasteiger partial charge in [0.1, 0.15) is 5.82 Å². The first kappa shape index (κ1) is 15.8. The Morgan fingerprint density at radius 3 is 2.81 bits per heavy atom. The number of anilines is 1. The second-order valence-corrected chi connectivity index (χ2v) is 5.56. The molecule has 2 rings (SSSR count). The first-order valence-electron chi connectivity index (χ1n) is 7.64. The van der Waals surface area contributed by atoms with E-state index in [1.165, 1.54) is 18.9 Å². The van der Waals surface area contributed by atoms with E-state index in [2.05, 4.69) is 22.6 Å². The molecule has 0 bridgehead atoms. The highest BCUT2D eigenvalue weighted by Crippen LogP contribution is 2.24. The summed E-state index contributed by atoms with van der Waals surface area (Å²) in [5.41, 5.74) is 0.671. The minimum Gasteiger partial charge on any atom is -0.382 e. The maximum atomic E-state index is 13.8. The maximum Gasteiger partial charge on any atom is 0.253 e. The van der Waals surface area contributed by atoms with Gasteiger partial charge < -0.3 is 15.5 Å². The molecule has 2 N–H and O–H groups in total. The fraction of sp³-hybridized carbons (Fsp3) is 0.562. The van der Waals surface area contributed by atoms with Gasteiger partial charge in [-0.1, -0.05) is 13.0 Å². The lowest BCUT2D eigenvalue weighted by Crippen LogP contribution is -2.34. The molecule has 0 aliphatic heterocycles. The molecular formula is C16H24FN3O. The molecule has 1 aromatic rings. The van der Waals surface area contributed by atoms with Gasteiger partial charge in [0, 0.05) is 25.7 Å². The predicted octanol–water partition coefficient (Wildman–Crippen LogP) is 2.47. The number of benzene rings is 1. The van der Waals surface area contributed by atoms with Crippen molar-refractivity contribution in [1.82, 2.24) is 10.2 Å². The molecular weight excluding hydrogens is 269 g/mol. The van der Waals surface area contributed by atoms with Crippen LogP contribution in [0.15, 0.2) is 18.2 Å². The molecule has 1 saturated carbocycles. The van der Waals surface area contributed by atoms with Crippen molar-refractivity contribution >= 4 is 11.6 Å². The van der Waals surface area contributed by atoms with Crippen molar-refractivity contribution in [1.29, 1.82) is 0 Å². The summed E-state index contributed by atoms with van der Waals surface area (Å²) >= 11 is 0. The lowest BCUT2D eigenvalue weighted by atomic mass is 10.1. The van der Waals surface area contributed by atoms with Crippen LogP contribution in [0.2, 0.25) is 0 Å². The Labute approximate surface area is 125 Å². The minimum absolute atomic E-state index is 0.225. The molecule has 21 heavy (non-hydrogen) atoms. The average molecular weight is 293 g/mol. The van der Waals surface area contributed by atoms with Gasteiger partial charge in [0.15, 0.2) is 0 Å². The zero-order valence-electron chi connectivity index (χ0n) is 12.8. The van der Waals surface area contributed by atoms with Crippen molar-refractivity contribution in [2.45, 2.75) is 32.2 Å². The smallest absolute Gasteiger partial charge is 0.253 e. The predicted molar refractivity (Wildman–Crippen MR) is 83.2 cm³/mol. The molecule has 1 aliphatic carbocycles. The van der Waals surface area contributed by atoms with Crippen molar-refractivity contribution in [3.8, 4) is 0 Å². The summed E-state index contributed by atoms with van der Waals surface area (Å²) < 4.78 is 13.8. The zero-order valence-corrected chi connectivity index (χ0v) is 12.8. The van der Waals surface area contributed by atoms with Crippen molar-refractivity contribution in [2.75, 3.05) is 32.0 Å². The summed E-state index contributed by atoms with van der Waals surface area (Å²) in [4.78, 5) is 14.5. The van der Waals surface area contributed by atoms with Crippen LogP contribution >= 0.6 is 0 Å². The van der Waals surface area contributed by atoms with Crippen molar-refractivity contribution in [2.24, 2.45) is 0 Å². The first-order valence-corrected chi connectivity index (χ1v) is 7.64. The number of nitrogens with one attached hydrogen (secondary N) is 2. The molecule has 0 radical (unpaired) electrons. The van der Waals surface area contributed by atoms with Crippen LogP contribution in [0.25, 0.3) is 0 Å². The van der Waals surface area contributed by atoms with E-state index in [9.17, 15) is 9.18 Å². The number of carbonyl (C=O) groups is 1. The lowest BCUT2D eigenvalue weighted by molar-refractivity contribution is 0.0950. The molecule has 0 spiro atoms. The van der Waals surface area contributed by atoms with E-state index in [4.69, 9.17) is 0 Å². The largest absolute Gasteiger partial charge is 0.382 e. The fourth-order valence-corrected chi connectivity index (χ4v) is 2.28. The van der Waals surface area contributed by atoms with Gasteiger partial charge in [-0.2, -0.15) is 0 Å². The van der Waals surface area contributed by atoms with Gasteiger partial charge in [-0.3, -0.25) is 4.79 Å². The molecule has 1 aromatic carbocycles. The third-order valence-corrected chi connectivity index (χ3v) is 3.73. The van der Waals surface area contributed by atoms with Gasteiger partial charge in [0.25, 0.3) is 5.91 Å². The van der Waals surface area contributed by atoms with Crippen LogP contribution in [-0.2, 0) is 0 Å². The highest BCUT2D eigenvalue weighted by molar-refractivity contribution is 5.99. The van der Waals surface area contributed by atoms with Crippen molar-refractivity contribution < 1.29 is 9.18 Å². The highest BCUT2D eigenvalue weighted by Gasteiger charge is 2.25. The summed E-state index contributed by atoms with van der Waals surface area (Å²) in [5.74, 6) is -0.608. The van der Waals surface area contributed by atoms with Crippen molar-refractivity contribution in [3.63, 3.8) is 0 Å². The van der Waals surface area contributed by atoms with E-state index in [1.54, 1.807) is 12.1 Å². The van der Waals surface area contributed by atoms with E-state index in [-0.39, 0.29) is 11.7 Å². The lowest BCUT2D eigenvalue weighted by Gasteiger charge is -2.17. The summed E-state index contributed by atoms with van der Waals surface area (Å²) in [7, 11) is 2.07. The van der Waals surface area contributed by atoms with Crippen LogP contribution in [0.5, 0.6) is 0 Å². The molecule has 1 amide bonds. The molecule has 0 aromatic heterocycles. The molecule has 1 aliphatic rings. The Morgan fingerprint density at radius 1 is 1.38 bits per heavy atom. The van der Waals surface area contributed by atoms with E-state index in [0.29, 0.717) is 30.4 Å². The van der Waals surface area contributed by atoms with Crippen LogP contribution in [0, 0.1) is 5.82 Å². The topological polar surface area (TPSA) is 44.4 Å². The molecule has 4 nitrogen and oxygen atoms in total. The first-order chi connectivity index (χ1) is 10.1. The van der Waals surface area contributed by atoms with E-state index < -0.39 is 0 Å². The third kappa shape index (κ3) is 4.43. The monoisotopic (exact) mass is 293 g/mol. The molecule has 0 heterocycles. The standard InChI is InChI=1S/C16H24FN3O/c1-3-9-18-15-13(5-4-6-14(15)17)16(21)19-10-11-20(2)12-7-8-12/h4-6,12,18H,3,7-11H2,1-2H3,(H,19,21). The van der Waals surface area contributed by atoms with E-state index in [1.807, 2.05) is 6.92 Å². The van der Waals surface area contributed by atoms with Gasteiger partial charge in [-0.05, 0) is 38.4 Å². The highest BCUT2D eigenvalue weighted by atomic mass is 19.1. The SMILES string of the molecule is CCCNc1c(F)cccc1C(=O)NCCN(C)C1CC1. The Morgan fingerprint density at radius 2 is 2.14 bits per heavy atom. The quantitative estimate of drug-likeness (QED) is 0.774. The average Bonchev–Trinajstić information content (AvgIpc) is 3.30. The van der Waals surface area contributed by atoms with Gasteiger partial charge in [0.05, 0.1) is 11.3 Å². The summed E-state index contributed by atoms with van der Waals surface area (Å²) in [5, 5.41) is 5.86. The molecule has 0 unspecified atom stereocenters. The van der Waals surface area contributed by atoms with Crippen LogP contribution in [0.3, 0.4) is 0 Å². The Hall–Kier alpha value is -1.62. The molecule has 1 fully saturated rings. The van der Waals surface area contributed by atoms with Gasteiger partial charge >= 0.3 is 0 Å². The maximum absolute atomic E-state index is 13.8. The third-order valence-electron chi connectivity index (χ3n) is 3.73. The number of carbonyl (C=O) groups excluding carboxylic acids is 1. The number of hydrogen-bond donors (Lipinski definition) is 2. The fourth-order valence-electron chi connectivity index (χ4n) is 2.28. The zero-order chi connectivity index (χ0) is 15.2. The number of hydrogen-bond acceptors (Lipinski definition) is 3. The van der Waals surface area contributed by atoms with Gasteiger partial charge in [-0.15, -0.1) is 0 Å². The summed E-state index contributed by atoms with van der Waals surface area (Å²) in [6.07, 6.45) is 3.38. The number of likely N-dealkylation sites (N-methyl/N-ethyl adjacent to an activating group) is 1. The minimum atomic E-state index is -0.383. The molecule has 5 heteroatoms. The number of nitrogens with zero attached hydrogens (tertiary/aromatic N) is 1. The Bertz CT molecular complexity index is 488. The van der Waals surface area contributed by atoms with Crippen LogP contribution < -0.4 is 10.6 Å². The Kier molecular flexibility index (Phi) is 5.56. The van der Waals surface area contributed by atoms with Gasteiger partial charge in [-0.25, -0.2) is 4.39 Å². The number of amides is 1.